The van der Waals surface area contributed by atoms with Gasteiger partial charge in [0, 0.05) is 19.4 Å². The number of hydrogen-bond acceptors (Lipinski definition) is 4. The fourth-order valence-corrected chi connectivity index (χ4v) is 3.16. The molecule has 0 aliphatic carbocycles. The Labute approximate surface area is 139 Å². The molecule has 2 aromatic rings. The van der Waals surface area contributed by atoms with E-state index in [-0.39, 0.29) is 6.10 Å². The Kier molecular flexibility index (Phi) is 3.97. The van der Waals surface area contributed by atoms with Crippen LogP contribution in [0.2, 0.25) is 0 Å². The van der Waals surface area contributed by atoms with Crippen molar-refractivity contribution >= 4 is 16.7 Å². The van der Waals surface area contributed by atoms with Crippen LogP contribution >= 0.6 is 0 Å². The lowest BCUT2D eigenvalue weighted by molar-refractivity contribution is -0.716. The molecule has 1 aromatic carbocycles. The molecule has 0 radical (unpaired) electrons. The van der Waals surface area contributed by atoms with Crippen molar-refractivity contribution < 1.29 is 29.4 Å². The second-order valence-corrected chi connectivity index (χ2v) is 6.88. The van der Waals surface area contributed by atoms with Crippen LogP contribution in [0.3, 0.4) is 0 Å². The third-order valence-corrected chi connectivity index (χ3v) is 4.60. The molecule has 2 heterocycles. The Bertz CT molecular complexity index is 809. The minimum atomic E-state index is -1.09. The van der Waals surface area contributed by atoms with Crippen molar-refractivity contribution in [3.63, 3.8) is 0 Å². The van der Waals surface area contributed by atoms with E-state index in [1.54, 1.807) is 31.5 Å². The number of carboxylic acid groups (broad SMARTS) is 1. The van der Waals surface area contributed by atoms with Crippen LogP contribution in [0, 0.1) is 6.92 Å². The third kappa shape index (κ3) is 2.72. The number of aliphatic hydroxyl groups is 2. The van der Waals surface area contributed by atoms with E-state index >= 15 is 0 Å². The van der Waals surface area contributed by atoms with E-state index in [0.29, 0.717) is 12.2 Å². The number of carboxylic acids is 1. The fourth-order valence-electron chi connectivity index (χ4n) is 3.16. The van der Waals surface area contributed by atoms with Gasteiger partial charge in [-0.2, -0.15) is 4.57 Å². The van der Waals surface area contributed by atoms with E-state index in [0.717, 1.165) is 22.0 Å². The van der Waals surface area contributed by atoms with Crippen LogP contribution in [-0.2, 0) is 11.2 Å². The monoisotopic (exact) mass is 332 g/mol. The molecule has 6 heteroatoms. The van der Waals surface area contributed by atoms with Crippen molar-refractivity contribution in [1.29, 1.82) is 0 Å². The van der Waals surface area contributed by atoms with Gasteiger partial charge in [0.15, 0.2) is 11.9 Å². The second-order valence-electron chi connectivity index (χ2n) is 6.88. The molecule has 1 aromatic heterocycles. The summed E-state index contributed by atoms with van der Waals surface area (Å²) < 4.78 is 7.53. The Morgan fingerprint density at radius 1 is 1.46 bits per heavy atom. The fraction of sp³-hybridized carbons (Fsp3) is 0.444. The molecule has 0 saturated heterocycles. The summed E-state index contributed by atoms with van der Waals surface area (Å²) in [5.41, 5.74) is 0.752. The summed E-state index contributed by atoms with van der Waals surface area (Å²) in [6.07, 6.45) is 1.97. The van der Waals surface area contributed by atoms with Gasteiger partial charge in [-0.05, 0) is 24.8 Å². The first kappa shape index (κ1) is 16.7. The Morgan fingerprint density at radius 2 is 2.17 bits per heavy atom. The molecule has 1 aliphatic rings. The number of pyridine rings is 1. The summed E-state index contributed by atoms with van der Waals surface area (Å²) in [5.74, 6) is -0.414. The predicted octanol–water partition coefficient (Wildman–Crippen LogP) is 1.13. The molecule has 128 valence electrons. The molecule has 0 amide bonds. The van der Waals surface area contributed by atoms with E-state index in [1.165, 1.54) is 0 Å². The summed E-state index contributed by atoms with van der Waals surface area (Å²) in [6, 6.07) is 4.78. The van der Waals surface area contributed by atoms with Gasteiger partial charge in [0.25, 0.3) is 6.04 Å². The number of aryl methyl sites for hydroxylation is 1. The lowest BCUT2D eigenvalue weighted by Crippen LogP contribution is -2.48. The van der Waals surface area contributed by atoms with E-state index in [2.05, 4.69) is 0 Å². The highest BCUT2D eigenvalue weighted by Gasteiger charge is 2.37. The number of benzene rings is 1. The number of aliphatic hydroxyl groups excluding tert-OH is 1. The Morgan fingerprint density at radius 3 is 2.75 bits per heavy atom. The van der Waals surface area contributed by atoms with Gasteiger partial charge in [0.1, 0.15) is 18.5 Å². The smallest absolute Gasteiger partial charge is 0.376 e. The maximum atomic E-state index is 11.4. The van der Waals surface area contributed by atoms with Gasteiger partial charge in [-0.1, -0.05) is 12.1 Å². The first-order valence-corrected chi connectivity index (χ1v) is 7.92. The number of fused-ring (bicyclic) bond motifs is 3. The highest BCUT2D eigenvalue weighted by molar-refractivity contribution is 5.89. The van der Waals surface area contributed by atoms with Gasteiger partial charge >= 0.3 is 5.97 Å². The number of hydrogen-bond donors (Lipinski definition) is 3. The van der Waals surface area contributed by atoms with Crippen molar-refractivity contribution in [2.45, 2.75) is 44.9 Å². The van der Waals surface area contributed by atoms with Crippen molar-refractivity contribution in [2.24, 2.45) is 0 Å². The van der Waals surface area contributed by atoms with Crippen LogP contribution in [0.5, 0.6) is 5.75 Å². The lowest BCUT2D eigenvalue weighted by atomic mass is 9.96. The molecule has 1 aliphatic heterocycles. The molecule has 6 nitrogen and oxygen atoms in total. The summed E-state index contributed by atoms with van der Waals surface area (Å²) in [4.78, 5) is 11.4. The zero-order valence-electron chi connectivity index (χ0n) is 14.0. The van der Waals surface area contributed by atoms with E-state index in [1.807, 2.05) is 18.2 Å². The summed E-state index contributed by atoms with van der Waals surface area (Å²) in [5, 5.41) is 30.7. The SMILES string of the molecule is Cc1cc2ccc3c(c2c[n+]1[C@@H](CO)C(=O)O)O[C@@H](C(C)(C)O)C3. The summed E-state index contributed by atoms with van der Waals surface area (Å²) >= 11 is 0. The van der Waals surface area contributed by atoms with Crippen LogP contribution in [0.4, 0.5) is 0 Å². The van der Waals surface area contributed by atoms with Crippen LogP contribution in [-0.4, -0.2) is 39.6 Å². The maximum Gasteiger partial charge on any atom is 0.376 e. The third-order valence-electron chi connectivity index (χ3n) is 4.60. The largest absolute Gasteiger partial charge is 0.486 e. The van der Waals surface area contributed by atoms with Gasteiger partial charge in [-0.3, -0.25) is 0 Å². The van der Waals surface area contributed by atoms with Crippen LogP contribution in [0.15, 0.2) is 24.4 Å². The van der Waals surface area contributed by atoms with Gasteiger partial charge in [0.2, 0.25) is 0 Å². The molecule has 2 atom stereocenters. The molecule has 0 spiro atoms. The van der Waals surface area contributed by atoms with E-state index in [4.69, 9.17) is 4.74 Å². The molecule has 3 N–H and O–H groups in total. The molecule has 0 saturated carbocycles. The maximum absolute atomic E-state index is 11.4. The van der Waals surface area contributed by atoms with Gasteiger partial charge in [0.05, 0.1) is 11.0 Å². The molecule has 0 unspecified atom stereocenters. The number of rotatable bonds is 4. The van der Waals surface area contributed by atoms with Crippen molar-refractivity contribution in [3.05, 3.63) is 35.7 Å². The van der Waals surface area contributed by atoms with Crippen LogP contribution in [0.25, 0.3) is 10.8 Å². The molecule has 24 heavy (non-hydrogen) atoms. The minimum absolute atomic E-state index is 0.346. The number of aromatic nitrogens is 1. The van der Waals surface area contributed by atoms with Crippen molar-refractivity contribution in [3.8, 4) is 5.75 Å². The second kappa shape index (κ2) is 5.72. The van der Waals surface area contributed by atoms with Crippen molar-refractivity contribution in [1.82, 2.24) is 0 Å². The van der Waals surface area contributed by atoms with E-state index in [9.17, 15) is 20.1 Å². The summed E-state index contributed by atoms with van der Waals surface area (Å²) in [6.45, 7) is 4.73. The van der Waals surface area contributed by atoms with Crippen LogP contribution < -0.4 is 9.30 Å². The number of aliphatic carboxylic acids is 1. The Hall–Kier alpha value is -2.18. The lowest BCUT2D eigenvalue weighted by Gasteiger charge is -2.24. The predicted molar refractivity (Wildman–Crippen MR) is 87.1 cm³/mol. The number of nitrogens with zero attached hydrogens (tertiary/aromatic N) is 1. The molecular weight excluding hydrogens is 310 g/mol. The standard InChI is InChI=1S/C18H21NO5/c1-10-6-11-4-5-12-7-15(18(2,3)23)24-16(12)13(11)8-19(10)14(9-20)17(21)22/h4-6,8,14-15,20,23H,7,9H2,1-3H3/p+1/t14-,15+/m0/s1. The normalized spacial score (nSPS) is 18.3. The topological polar surface area (TPSA) is 90.9 Å². The number of carbonyl (C=O) groups is 1. The van der Waals surface area contributed by atoms with Gasteiger partial charge in [-0.15, -0.1) is 0 Å². The average Bonchev–Trinajstić information content (AvgIpc) is 2.92. The van der Waals surface area contributed by atoms with Crippen molar-refractivity contribution in [2.75, 3.05) is 6.61 Å². The Balaban J connectivity index is 2.15. The van der Waals surface area contributed by atoms with E-state index < -0.39 is 24.2 Å². The highest BCUT2D eigenvalue weighted by Crippen LogP contribution is 2.38. The molecular formula is C18H22NO5+. The molecule has 0 bridgehead atoms. The number of ether oxygens (including phenoxy) is 1. The van der Waals surface area contributed by atoms with Gasteiger partial charge < -0.3 is 20.1 Å². The first-order valence-electron chi connectivity index (χ1n) is 7.92. The molecule has 0 fully saturated rings. The van der Waals surface area contributed by atoms with Gasteiger partial charge in [-0.25, -0.2) is 4.79 Å². The summed E-state index contributed by atoms with van der Waals surface area (Å²) in [7, 11) is 0. The zero-order chi connectivity index (χ0) is 17.6. The highest BCUT2D eigenvalue weighted by atomic mass is 16.5. The minimum Gasteiger partial charge on any atom is -0.486 e. The first-order chi connectivity index (χ1) is 11.2. The zero-order valence-corrected chi connectivity index (χ0v) is 14.0. The molecule has 3 rings (SSSR count). The average molecular weight is 332 g/mol. The van der Waals surface area contributed by atoms with Crippen LogP contribution in [0.1, 0.15) is 31.1 Å². The quantitative estimate of drug-likeness (QED) is 0.730.